The molecule has 0 bridgehead atoms. The molecule has 3 aromatic carbocycles. The van der Waals surface area contributed by atoms with Crippen molar-refractivity contribution in [2.45, 2.75) is 23.5 Å². The van der Waals surface area contributed by atoms with Crippen molar-refractivity contribution in [1.29, 1.82) is 0 Å². The van der Waals surface area contributed by atoms with Gasteiger partial charge in [-0.25, -0.2) is 13.2 Å². The molecule has 0 spiro atoms. The van der Waals surface area contributed by atoms with E-state index in [0.717, 1.165) is 22.3 Å². The van der Waals surface area contributed by atoms with Crippen molar-refractivity contribution >= 4 is 15.8 Å². The third kappa shape index (κ3) is 3.87. The van der Waals surface area contributed by atoms with Gasteiger partial charge in [-0.1, -0.05) is 18.2 Å². The molecular weight excluding hydrogens is 538 g/mol. The SMILES string of the molecule is COc1ccc2c(c1OC)C(=O)OC2[C@H]1c2c(c(-c3ccc(S(C)(=O)=O)cc3)c3c(c2OC)OCO3)CCN1C. The number of sulfone groups is 1. The Morgan fingerprint density at radius 3 is 2.25 bits per heavy atom. The second-order valence-corrected chi connectivity index (χ2v) is 11.9. The zero-order valence-corrected chi connectivity index (χ0v) is 23.6. The highest BCUT2D eigenvalue weighted by Gasteiger charge is 2.47. The van der Waals surface area contributed by atoms with E-state index in [1.807, 2.05) is 13.1 Å². The van der Waals surface area contributed by atoms with E-state index in [4.69, 9.17) is 28.4 Å². The molecule has 11 heteroatoms. The van der Waals surface area contributed by atoms with Crippen LogP contribution in [0.25, 0.3) is 11.1 Å². The highest BCUT2D eigenvalue weighted by molar-refractivity contribution is 7.90. The minimum absolute atomic E-state index is 0.0156. The van der Waals surface area contributed by atoms with Gasteiger partial charge < -0.3 is 28.4 Å². The summed E-state index contributed by atoms with van der Waals surface area (Å²) in [6.45, 7) is 0.674. The van der Waals surface area contributed by atoms with Crippen LogP contribution in [0.4, 0.5) is 0 Å². The Labute approximate surface area is 232 Å². The van der Waals surface area contributed by atoms with Crippen LogP contribution in [0.5, 0.6) is 28.7 Å². The van der Waals surface area contributed by atoms with Crippen molar-refractivity contribution in [2.75, 3.05) is 48.0 Å². The molecular formula is C29H29NO9S. The summed E-state index contributed by atoms with van der Waals surface area (Å²) < 4.78 is 59.0. The number of hydrogen-bond donors (Lipinski definition) is 0. The normalized spacial score (nSPS) is 19.6. The van der Waals surface area contributed by atoms with Crippen LogP contribution in [0.3, 0.4) is 0 Å². The van der Waals surface area contributed by atoms with Crippen molar-refractivity contribution in [1.82, 2.24) is 4.90 Å². The molecule has 0 saturated carbocycles. The monoisotopic (exact) mass is 567 g/mol. The van der Waals surface area contributed by atoms with E-state index < -0.39 is 28.0 Å². The number of fused-ring (bicyclic) bond motifs is 3. The molecule has 0 radical (unpaired) electrons. The average molecular weight is 568 g/mol. The Balaban J connectivity index is 1.58. The first kappa shape index (κ1) is 26.3. The van der Waals surface area contributed by atoms with E-state index in [2.05, 4.69) is 4.90 Å². The van der Waals surface area contributed by atoms with E-state index in [-0.39, 0.29) is 11.7 Å². The molecule has 1 unspecified atom stereocenters. The number of carbonyl (C=O) groups is 1. The quantitative estimate of drug-likeness (QED) is 0.406. The fraction of sp³-hybridized carbons (Fsp3) is 0.345. The lowest BCUT2D eigenvalue weighted by Crippen LogP contribution is -2.36. The molecule has 0 N–H and O–H groups in total. The number of benzene rings is 3. The molecule has 0 amide bonds. The predicted octanol–water partition coefficient (Wildman–Crippen LogP) is 3.95. The smallest absolute Gasteiger partial charge is 0.343 e. The zero-order valence-electron chi connectivity index (χ0n) is 22.8. The van der Waals surface area contributed by atoms with Gasteiger partial charge in [0.15, 0.2) is 32.8 Å². The van der Waals surface area contributed by atoms with E-state index in [9.17, 15) is 13.2 Å². The second-order valence-electron chi connectivity index (χ2n) is 9.93. The Kier molecular flexibility index (Phi) is 6.30. The summed E-state index contributed by atoms with van der Waals surface area (Å²) in [5.74, 6) is 1.79. The van der Waals surface area contributed by atoms with E-state index in [1.54, 1.807) is 37.4 Å². The first-order chi connectivity index (χ1) is 19.2. The lowest BCUT2D eigenvalue weighted by Gasteiger charge is -2.39. The minimum Gasteiger partial charge on any atom is -0.493 e. The molecule has 0 saturated heterocycles. The van der Waals surface area contributed by atoms with Gasteiger partial charge >= 0.3 is 5.97 Å². The first-order valence-electron chi connectivity index (χ1n) is 12.7. The highest BCUT2D eigenvalue weighted by Crippen LogP contribution is 2.58. The summed E-state index contributed by atoms with van der Waals surface area (Å²) in [5.41, 5.74) is 4.39. The van der Waals surface area contributed by atoms with Crippen LogP contribution in [0.15, 0.2) is 41.3 Å². The third-order valence-electron chi connectivity index (χ3n) is 7.79. The number of hydrogen-bond acceptors (Lipinski definition) is 10. The molecule has 2 atom stereocenters. The molecule has 6 rings (SSSR count). The van der Waals surface area contributed by atoms with Gasteiger partial charge in [-0.05, 0) is 42.8 Å². The van der Waals surface area contributed by atoms with Gasteiger partial charge in [0.25, 0.3) is 0 Å². The fourth-order valence-electron chi connectivity index (χ4n) is 6.01. The summed E-state index contributed by atoms with van der Waals surface area (Å²) in [5, 5.41) is 0. The number of likely N-dealkylation sites (N-methyl/N-ethyl adjacent to an activating group) is 1. The van der Waals surface area contributed by atoms with E-state index in [1.165, 1.54) is 20.5 Å². The van der Waals surface area contributed by atoms with Gasteiger partial charge in [-0.3, -0.25) is 4.90 Å². The number of ether oxygens (including phenoxy) is 6. The van der Waals surface area contributed by atoms with Gasteiger partial charge in [-0.2, -0.15) is 0 Å². The summed E-state index contributed by atoms with van der Waals surface area (Å²) in [4.78, 5) is 15.6. The standard InChI is InChI=1S/C29H29NO9S/c1-30-13-12-17-20(15-6-8-16(9-7-15)40(5,32)33)27-28(38-14-37-27)26(36-4)21(17)23(30)24-18-10-11-19(34-2)25(35-3)22(18)29(31)39-24/h6-11,23-24H,12-14H2,1-5H3/t23-,24?/m1/s1. The minimum atomic E-state index is -3.36. The van der Waals surface area contributed by atoms with E-state index in [0.29, 0.717) is 52.8 Å². The van der Waals surface area contributed by atoms with Gasteiger partial charge in [0, 0.05) is 29.5 Å². The molecule has 0 fully saturated rings. The maximum Gasteiger partial charge on any atom is 0.343 e. The van der Waals surface area contributed by atoms with Crippen molar-refractivity contribution in [3.63, 3.8) is 0 Å². The van der Waals surface area contributed by atoms with Crippen molar-refractivity contribution < 1.29 is 41.6 Å². The van der Waals surface area contributed by atoms with Gasteiger partial charge in [-0.15, -0.1) is 0 Å². The van der Waals surface area contributed by atoms with Crippen LogP contribution in [0, 0.1) is 0 Å². The number of carbonyl (C=O) groups excluding carboxylic acids is 1. The molecule has 3 aliphatic heterocycles. The highest BCUT2D eigenvalue weighted by atomic mass is 32.2. The van der Waals surface area contributed by atoms with Gasteiger partial charge in [0.2, 0.25) is 12.5 Å². The Bertz CT molecular complexity index is 1630. The van der Waals surface area contributed by atoms with Gasteiger partial charge in [0.1, 0.15) is 11.7 Å². The zero-order chi connectivity index (χ0) is 28.3. The maximum absolute atomic E-state index is 13.2. The topological polar surface area (TPSA) is 110 Å². The Morgan fingerprint density at radius 2 is 1.60 bits per heavy atom. The predicted molar refractivity (Wildman–Crippen MR) is 144 cm³/mol. The maximum atomic E-state index is 13.2. The number of rotatable bonds is 6. The number of esters is 1. The lowest BCUT2D eigenvalue weighted by atomic mass is 9.81. The van der Waals surface area contributed by atoms with Crippen LogP contribution in [0.1, 0.15) is 39.2 Å². The fourth-order valence-corrected chi connectivity index (χ4v) is 6.64. The second kappa shape index (κ2) is 9.60. The van der Waals surface area contributed by atoms with Crippen molar-refractivity contribution in [3.05, 3.63) is 58.7 Å². The van der Waals surface area contributed by atoms with Crippen LogP contribution in [-0.2, 0) is 21.0 Å². The molecule has 0 aromatic heterocycles. The molecule has 10 nitrogen and oxygen atoms in total. The summed E-state index contributed by atoms with van der Waals surface area (Å²) in [6.07, 6.45) is 1.16. The van der Waals surface area contributed by atoms with Crippen LogP contribution in [0.2, 0.25) is 0 Å². The lowest BCUT2D eigenvalue weighted by molar-refractivity contribution is 0.00877. The summed E-state index contributed by atoms with van der Waals surface area (Å²) in [6, 6.07) is 9.90. The summed E-state index contributed by atoms with van der Waals surface area (Å²) in [7, 11) is 3.20. The molecule has 3 aliphatic rings. The molecule has 3 heterocycles. The molecule has 210 valence electrons. The number of cyclic esters (lactones) is 1. The van der Waals surface area contributed by atoms with Crippen LogP contribution in [-0.4, -0.2) is 67.3 Å². The van der Waals surface area contributed by atoms with Crippen molar-refractivity contribution in [3.8, 4) is 39.9 Å². The Hall–Kier alpha value is -3.96. The Morgan fingerprint density at radius 1 is 0.900 bits per heavy atom. The van der Waals surface area contributed by atoms with Gasteiger partial charge in [0.05, 0.1) is 32.3 Å². The largest absolute Gasteiger partial charge is 0.493 e. The average Bonchev–Trinajstić information content (AvgIpc) is 3.55. The molecule has 3 aromatic rings. The van der Waals surface area contributed by atoms with Crippen LogP contribution < -0.4 is 23.7 Å². The van der Waals surface area contributed by atoms with E-state index >= 15 is 0 Å². The third-order valence-corrected chi connectivity index (χ3v) is 8.92. The first-order valence-corrected chi connectivity index (χ1v) is 14.6. The number of nitrogens with zero attached hydrogens (tertiary/aromatic N) is 1. The van der Waals surface area contributed by atoms with Crippen LogP contribution >= 0.6 is 0 Å². The summed E-state index contributed by atoms with van der Waals surface area (Å²) >= 11 is 0. The number of methoxy groups -OCH3 is 3. The molecule has 40 heavy (non-hydrogen) atoms. The molecule has 0 aliphatic carbocycles. The van der Waals surface area contributed by atoms with Crippen molar-refractivity contribution in [2.24, 2.45) is 0 Å².